The molecule has 0 aliphatic heterocycles. The molecule has 2 rings (SSSR count). The number of aryl methyl sites for hydroxylation is 1. The molecule has 2 aromatic rings. The van der Waals surface area contributed by atoms with E-state index in [1.165, 1.54) is 11.1 Å². The van der Waals surface area contributed by atoms with Crippen molar-refractivity contribution in [2.75, 3.05) is 5.73 Å². The zero-order valence-corrected chi connectivity index (χ0v) is 9.94. The van der Waals surface area contributed by atoms with Crippen LogP contribution >= 0.6 is 0 Å². The van der Waals surface area contributed by atoms with Gasteiger partial charge in [-0.15, -0.1) is 0 Å². The zero-order chi connectivity index (χ0) is 11.7. The van der Waals surface area contributed by atoms with E-state index >= 15 is 0 Å². The van der Waals surface area contributed by atoms with Crippen LogP contribution in [0.1, 0.15) is 25.6 Å². The standard InChI is InChI=1S/C13H17N3/c1-9(2)16-8-13(10(3)15-16)11-4-6-12(14)7-5-11/h4-9H,14H2,1-3H3. The Balaban J connectivity index is 2.44. The van der Waals surface area contributed by atoms with Gasteiger partial charge < -0.3 is 5.73 Å². The predicted molar refractivity (Wildman–Crippen MR) is 67.2 cm³/mol. The first-order chi connectivity index (χ1) is 7.58. The van der Waals surface area contributed by atoms with Crippen LogP contribution < -0.4 is 5.73 Å². The van der Waals surface area contributed by atoms with E-state index in [1.54, 1.807) is 0 Å². The van der Waals surface area contributed by atoms with Crippen molar-refractivity contribution in [2.24, 2.45) is 0 Å². The number of aromatic nitrogens is 2. The Kier molecular flexibility index (Phi) is 2.69. The Labute approximate surface area is 95.9 Å². The summed E-state index contributed by atoms with van der Waals surface area (Å²) >= 11 is 0. The molecule has 1 aromatic carbocycles. The average Bonchev–Trinajstić information content (AvgIpc) is 2.62. The van der Waals surface area contributed by atoms with Crippen molar-refractivity contribution < 1.29 is 0 Å². The highest BCUT2D eigenvalue weighted by Gasteiger charge is 2.08. The smallest absolute Gasteiger partial charge is 0.0672 e. The third-order valence-corrected chi connectivity index (χ3v) is 2.67. The van der Waals surface area contributed by atoms with E-state index in [0.717, 1.165) is 11.4 Å². The van der Waals surface area contributed by atoms with Crippen LogP contribution in [0, 0.1) is 6.92 Å². The SMILES string of the molecule is Cc1nn(C(C)C)cc1-c1ccc(N)cc1. The molecule has 16 heavy (non-hydrogen) atoms. The van der Waals surface area contributed by atoms with Crippen LogP contribution in [0.15, 0.2) is 30.5 Å². The predicted octanol–water partition coefficient (Wildman–Crippen LogP) is 3.02. The van der Waals surface area contributed by atoms with Crippen LogP contribution in [-0.4, -0.2) is 9.78 Å². The summed E-state index contributed by atoms with van der Waals surface area (Å²) in [5, 5.41) is 4.49. The average molecular weight is 215 g/mol. The Morgan fingerprint density at radius 1 is 1.19 bits per heavy atom. The van der Waals surface area contributed by atoms with Crippen molar-refractivity contribution in [3.05, 3.63) is 36.2 Å². The summed E-state index contributed by atoms with van der Waals surface area (Å²) in [5.41, 5.74) is 9.86. The summed E-state index contributed by atoms with van der Waals surface area (Å²) in [6.07, 6.45) is 2.09. The quantitative estimate of drug-likeness (QED) is 0.782. The first-order valence-electron chi connectivity index (χ1n) is 5.49. The Morgan fingerprint density at radius 2 is 1.81 bits per heavy atom. The number of nitrogens with zero attached hydrogens (tertiary/aromatic N) is 2. The van der Waals surface area contributed by atoms with Gasteiger partial charge in [-0.1, -0.05) is 12.1 Å². The second-order valence-electron chi connectivity index (χ2n) is 4.32. The van der Waals surface area contributed by atoms with E-state index < -0.39 is 0 Å². The molecule has 0 saturated heterocycles. The van der Waals surface area contributed by atoms with Gasteiger partial charge in [-0.05, 0) is 38.5 Å². The summed E-state index contributed by atoms with van der Waals surface area (Å²) in [5.74, 6) is 0. The molecule has 0 fully saturated rings. The van der Waals surface area contributed by atoms with Crippen molar-refractivity contribution in [1.82, 2.24) is 9.78 Å². The van der Waals surface area contributed by atoms with Crippen LogP contribution in [-0.2, 0) is 0 Å². The van der Waals surface area contributed by atoms with Crippen molar-refractivity contribution >= 4 is 5.69 Å². The van der Waals surface area contributed by atoms with Gasteiger partial charge in [-0.25, -0.2) is 0 Å². The lowest BCUT2D eigenvalue weighted by Gasteiger charge is -2.03. The van der Waals surface area contributed by atoms with Gasteiger partial charge in [-0.3, -0.25) is 4.68 Å². The highest BCUT2D eigenvalue weighted by molar-refractivity contribution is 5.66. The van der Waals surface area contributed by atoms with Crippen LogP contribution in [0.2, 0.25) is 0 Å². The highest BCUT2D eigenvalue weighted by atomic mass is 15.3. The number of benzene rings is 1. The first-order valence-corrected chi connectivity index (χ1v) is 5.49. The first kappa shape index (κ1) is 10.7. The summed E-state index contributed by atoms with van der Waals surface area (Å²) in [4.78, 5) is 0. The maximum absolute atomic E-state index is 5.68. The third kappa shape index (κ3) is 1.94. The zero-order valence-electron chi connectivity index (χ0n) is 9.94. The minimum absolute atomic E-state index is 0.390. The third-order valence-electron chi connectivity index (χ3n) is 2.67. The van der Waals surface area contributed by atoms with E-state index in [1.807, 2.05) is 35.9 Å². The minimum atomic E-state index is 0.390. The fraction of sp³-hybridized carbons (Fsp3) is 0.308. The van der Waals surface area contributed by atoms with Crippen molar-refractivity contribution in [3.63, 3.8) is 0 Å². The number of nitrogens with two attached hydrogens (primary N) is 1. The van der Waals surface area contributed by atoms with Crippen LogP contribution in [0.25, 0.3) is 11.1 Å². The fourth-order valence-electron chi connectivity index (χ4n) is 1.69. The molecule has 0 spiro atoms. The number of rotatable bonds is 2. The van der Waals surface area contributed by atoms with Crippen LogP contribution in [0.4, 0.5) is 5.69 Å². The van der Waals surface area contributed by atoms with Gasteiger partial charge in [-0.2, -0.15) is 5.10 Å². The molecule has 84 valence electrons. The molecule has 0 unspecified atom stereocenters. The summed E-state index contributed by atoms with van der Waals surface area (Å²) in [7, 11) is 0. The molecule has 0 aliphatic carbocycles. The van der Waals surface area contributed by atoms with Crippen molar-refractivity contribution in [3.8, 4) is 11.1 Å². The van der Waals surface area contributed by atoms with Crippen LogP contribution in [0.5, 0.6) is 0 Å². The molecule has 0 saturated carbocycles. The maximum atomic E-state index is 5.68. The molecule has 1 aromatic heterocycles. The van der Waals surface area contributed by atoms with E-state index in [0.29, 0.717) is 6.04 Å². The molecule has 3 heteroatoms. The lowest BCUT2D eigenvalue weighted by molar-refractivity contribution is 0.529. The second-order valence-corrected chi connectivity index (χ2v) is 4.32. The second kappa shape index (κ2) is 4.00. The molecule has 0 amide bonds. The number of hydrogen-bond acceptors (Lipinski definition) is 2. The van der Waals surface area contributed by atoms with Gasteiger partial charge in [0.15, 0.2) is 0 Å². The minimum Gasteiger partial charge on any atom is -0.399 e. The number of nitrogen functional groups attached to an aromatic ring is 1. The number of anilines is 1. The highest BCUT2D eigenvalue weighted by Crippen LogP contribution is 2.24. The molecule has 1 heterocycles. The van der Waals surface area contributed by atoms with E-state index in [2.05, 4.69) is 25.1 Å². The van der Waals surface area contributed by atoms with Gasteiger partial charge in [0, 0.05) is 23.5 Å². The topological polar surface area (TPSA) is 43.8 Å². The van der Waals surface area contributed by atoms with Gasteiger partial charge in [0.25, 0.3) is 0 Å². The van der Waals surface area contributed by atoms with Crippen LogP contribution in [0.3, 0.4) is 0 Å². The summed E-state index contributed by atoms with van der Waals surface area (Å²) in [6.45, 7) is 6.28. The maximum Gasteiger partial charge on any atom is 0.0672 e. The van der Waals surface area contributed by atoms with Gasteiger partial charge >= 0.3 is 0 Å². The van der Waals surface area contributed by atoms with E-state index in [9.17, 15) is 0 Å². The summed E-state index contributed by atoms with van der Waals surface area (Å²) < 4.78 is 1.99. The Morgan fingerprint density at radius 3 is 2.31 bits per heavy atom. The molecule has 0 bridgehead atoms. The van der Waals surface area contributed by atoms with Gasteiger partial charge in [0.1, 0.15) is 0 Å². The van der Waals surface area contributed by atoms with E-state index in [-0.39, 0.29) is 0 Å². The lowest BCUT2D eigenvalue weighted by atomic mass is 10.1. The summed E-state index contributed by atoms with van der Waals surface area (Å²) in [6, 6.07) is 8.29. The molecular weight excluding hydrogens is 198 g/mol. The molecule has 0 radical (unpaired) electrons. The molecule has 2 N–H and O–H groups in total. The number of hydrogen-bond donors (Lipinski definition) is 1. The molecule has 0 atom stereocenters. The largest absolute Gasteiger partial charge is 0.399 e. The van der Waals surface area contributed by atoms with E-state index in [4.69, 9.17) is 5.73 Å². The molecule has 3 nitrogen and oxygen atoms in total. The molecule has 0 aliphatic rings. The van der Waals surface area contributed by atoms with Gasteiger partial charge in [0.05, 0.1) is 5.69 Å². The molecular formula is C13H17N3. The normalized spacial score (nSPS) is 11.0. The lowest BCUT2D eigenvalue weighted by Crippen LogP contribution is -2.00. The van der Waals surface area contributed by atoms with Crippen molar-refractivity contribution in [2.45, 2.75) is 26.8 Å². The Bertz CT molecular complexity index is 480. The van der Waals surface area contributed by atoms with Gasteiger partial charge in [0.2, 0.25) is 0 Å². The van der Waals surface area contributed by atoms with Crippen molar-refractivity contribution in [1.29, 1.82) is 0 Å². The monoisotopic (exact) mass is 215 g/mol. The fourth-order valence-corrected chi connectivity index (χ4v) is 1.69. The Hall–Kier alpha value is -1.77.